The van der Waals surface area contributed by atoms with Gasteiger partial charge in [-0.3, -0.25) is 4.90 Å². The molecule has 0 bridgehead atoms. The van der Waals surface area contributed by atoms with Crippen molar-refractivity contribution in [3.8, 4) is 0 Å². The lowest BCUT2D eigenvalue weighted by atomic mass is 9.79. The molecule has 0 spiro atoms. The Balaban J connectivity index is 2.11. The van der Waals surface area contributed by atoms with Crippen LogP contribution in [0.4, 0.5) is 4.79 Å². The molecular weight excluding hydrogens is 438 g/mol. The third-order valence-electron chi connectivity index (χ3n) is 8.12. The van der Waals surface area contributed by atoms with Gasteiger partial charge in [0.25, 0.3) is 0 Å². The van der Waals surface area contributed by atoms with Crippen LogP contribution in [0, 0.1) is 11.8 Å². The molecule has 1 aliphatic carbocycles. The van der Waals surface area contributed by atoms with Crippen LogP contribution in [-0.4, -0.2) is 37.0 Å². The van der Waals surface area contributed by atoms with Crippen molar-refractivity contribution in [1.82, 2.24) is 4.90 Å². The highest BCUT2D eigenvalue weighted by atomic mass is 28.4. The number of ether oxygens (including phenoxy) is 1. The topological polar surface area (TPSA) is 38.8 Å². The van der Waals surface area contributed by atoms with Crippen molar-refractivity contribution in [3.05, 3.63) is 48.0 Å². The monoisotopic (exact) mass is 485 g/mol. The third kappa shape index (κ3) is 6.15. The van der Waals surface area contributed by atoms with E-state index in [2.05, 4.69) is 88.2 Å². The third-order valence-corrected chi connectivity index (χ3v) is 12.6. The molecule has 1 heterocycles. The molecule has 1 aromatic rings. The Bertz CT molecular complexity index is 852. The van der Waals surface area contributed by atoms with E-state index in [4.69, 9.17) is 9.16 Å². The summed E-state index contributed by atoms with van der Waals surface area (Å²) in [6, 6.07) is 10.6. The van der Waals surface area contributed by atoms with Crippen molar-refractivity contribution in [1.29, 1.82) is 0 Å². The van der Waals surface area contributed by atoms with E-state index in [0.717, 1.165) is 31.2 Å². The zero-order valence-corrected chi connectivity index (χ0v) is 23.9. The maximum Gasteiger partial charge on any atom is 0.410 e. The molecule has 5 atom stereocenters. The number of hydrogen-bond donors (Lipinski definition) is 0. The number of amides is 1. The maximum absolute atomic E-state index is 13.9. The average molecular weight is 486 g/mol. The number of allylic oxidation sites excluding steroid dienone is 1. The Morgan fingerprint density at radius 3 is 2.21 bits per heavy atom. The van der Waals surface area contributed by atoms with Crippen LogP contribution >= 0.6 is 0 Å². The largest absolute Gasteiger partial charge is 0.444 e. The molecule has 0 N–H and O–H groups in total. The van der Waals surface area contributed by atoms with Gasteiger partial charge in [-0.05, 0) is 82.0 Å². The second-order valence-corrected chi connectivity index (χ2v) is 17.6. The second kappa shape index (κ2) is 10.2. The highest BCUT2D eigenvalue weighted by molar-refractivity contribution is 6.74. The van der Waals surface area contributed by atoms with Gasteiger partial charge in [0.1, 0.15) is 5.60 Å². The summed E-state index contributed by atoms with van der Waals surface area (Å²) in [6.45, 7) is 19.7. The normalized spacial score (nSPS) is 27.0. The van der Waals surface area contributed by atoms with Gasteiger partial charge in [0.05, 0.1) is 12.1 Å². The van der Waals surface area contributed by atoms with Gasteiger partial charge in [-0.1, -0.05) is 70.2 Å². The lowest BCUT2D eigenvalue weighted by Crippen LogP contribution is -2.55. The summed E-state index contributed by atoms with van der Waals surface area (Å²) in [5.74, 6) is 1.00. The van der Waals surface area contributed by atoms with Crippen LogP contribution in [0.1, 0.15) is 85.8 Å². The number of carbonyl (C=O) groups excluding carboxylic acids is 1. The summed E-state index contributed by atoms with van der Waals surface area (Å²) in [7, 11) is -2.12. The number of fused-ring (bicyclic) bond motifs is 1. The molecule has 1 saturated heterocycles. The predicted molar refractivity (Wildman–Crippen MR) is 143 cm³/mol. The molecular formula is C29H47NO3Si. The van der Waals surface area contributed by atoms with Gasteiger partial charge in [-0.15, -0.1) is 0 Å². The molecule has 1 amide bonds. The molecule has 190 valence electrons. The lowest BCUT2D eigenvalue weighted by Gasteiger charge is -2.47. The Hall–Kier alpha value is -1.59. The van der Waals surface area contributed by atoms with Gasteiger partial charge >= 0.3 is 6.09 Å². The number of benzene rings is 1. The lowest BCUT2D eigenvalue weighted by molar-refractivity contribution is -0.0243. The molecule has 5 heteroatoms. The number of nitrogens with zero attached hydrogens (tertiary/aromatic N) is 1. The van der Waals surface area contributed by atoms with Crippen molar-refractivity contribution in [2.75, 3.05) is 0 Å². The van der Waals surface area contributed by atoms with E-state index in [1.807, 2.05) is 20.8 Å². The molecule has 3 unspecified atom stereocenters. The number of carbonyl (C=O) groups is 1. The summed E-state index contributed by atoms with van der Waals surface area (Å²) < 4.78 is 13.2. The first kappa shape index (κ1) is 27.0. The molecule has 3 rings (SSSR count). The molecule has 0 saturated carbocycles. The van der Waals surface area contributed by atoms with Crippen LogP contribution < -0.4 is 0 Å². The minimum atomic E-state index is -2.12. The first-order valence-electron chi connectivity index (χ1n) is 13.1. The molecule has 1 fully saturated rings. The van der Waals surface area contributed by atoms with Crippen LogP contribution in [0.3, 0.4) is 0 Å². The van der Waals surface area contributed by atoms with Crippen LogP contribution in [0.15, 0.2) is 42.5 Å². The number of likely N-dealkylation sites (tertiary alicyclic amines) is 1. The summed E-state index contributed by atoms with van der Waals surface area (Å²) >= 11 is 0. The summed E-state index contributed by atoms with van der Waals surface area (Å²) in [4.78, 5) is 16.0. The minimum absolute atomic E-state index is 0.0599. The van der Waals surface area contributed by atoms with Gasteiger partial charge in [0, 0.05) is 6.04 Å². The van der Waals surface area contributed by atoms with E-state index in [0.29, 0.717) is 11.8 Å². The van der Waals surface area contributed by atoms with Crippen molar-refractivity contribution in [3.63, 3.8) is 0 Å². The van der Waals surface area contributed by atoms with Crippen molar-refractivity contribution in [2.45, 2.75) is 116 Å². The molecule has 0 radical (unpaired) electrons. The second-order valence-electron chi connectivity index (χ2n) is 12.9. The minimum Gasteiger partial charge on any atom is -0.444 e. The summed E-state index contributed by atoms with van der Waals surface area (Å²) in [6.07, 6.45) is 8.09. The quantitative estimate of drug-likeness (QED) is 0.319. The van der Waals surface area contributed by atoms with Crippen molar-refractivity contribution in [2.24, 2.45) is 11.8 Å². The van der Waals surface area contributed by atoms with Gasteiger partial charge in [-0.2, -0.15) is 0 Å². The zero-order valence-electron chi connectivity index (χ0n) is 22.9. The van der Waals surface area contributed by atoms with Gasteiger partial charge in [-0.25, -0.2) is 4.79 Å². The summed E-state index contributed by atoms with van der Waals surface area (Å²) in [5, 5.41) is 0.0743. The molecule has 34 heavy (non-hydrogen) atoms. The van der Waals surface area contributed by atoms with Crippen molar-refractivity contribution < 1.29 is 14.0 Å². The van der Waals surface area contributed by atoms with E-state index in [9.17, 15) is 4.79 Å². The fourth-order valence-corrected chi connectivity index (χ4v) is 6.45. The van der Waals surface area contributed by atoms with E-state index in [1.165, 1.54) is 0 Å². The summed E-state index contributed by atoms with van der Waals surface area (Å²) in [5.41, 5.74) is 0.616. The molecule has 2 aliphatic rings. The molecule has 0 aromatic heterocycles. The average Bonchev–Trinajstić information content (AvgIpc) is 2.87. The van der Waals surface area contributed by atoms with E-state index >= 15 is 0 Å². The van der Waals surface area contributed by atoms with E-state index in [1.54, 1.807) is 0 Å². The highest BCUT2D eigenvalue weighted by Gasteiger charge is 2.48. The first-order valence-corrected chi connectivity index (χ1v) is 16.0. The Morgan fingerprint density at radius 2 is 1.62 bits per heavy atom. The van der Waals surface area contributed by atoms with Crippen LogP contribution in [0.2, 0.25) is 18.1 Å². The zero-order chi connectivity index (χ0) is 25.3. The molecule has 1 aliphatic heterocycles. The van der Waals surface area contributed by atoms with Crippen LogP contribution in [0.25, 0.3) is 0 Å². The predicted octanol–water partition coefficient (Wildman–Crippen LogP) is 8.12. The van der Waals surface area contributed by atoms with Crippen LogP contribution in [-0.2, 0) is 9.16 Å². The van der Waals surface area contributed by atoms with Crippen molar-refractivity contribution >= 4 is 14.4 Å². The van der Waals surface area contributed by atoms with Gasteiger partial charge < -0.3 is 9.16 Å². The standard InChI is InChI=1S/C29H47NO3Si/c1-21-19-20-25(26(22-15-11-10-12-16-22)33-34(8,9)29(5,6)7)30(27(31)32-28(2,3)4)24-18-14-13-17-23(21)24/h10-16,21,23-26H,17-20H2,1-9H3/t21-,23?,24?,25?,26-/m1/s1. The smallest absolute Gasteiger partial charge is 0.410 e. The first-order chi connectivity index (χ1) is 15.7. The van der Waals surface area contributed by atoms with E-state index in [-0.39, 0.29) is 29.3 Å². The highest BCUT2D eigenvalue weighted by Crippen LogP contribution is 2.46. The maximum atomic E-state index is 13.9. The van der Waals surface area contributed by atoms with Gasteiger partial charge in [0.2, 0.25) is 0 Å². The van der Waals surface area contributed by atoms with Crippen LogP contribution in [0.5, 0.6) is 0 Å². The Labute approximate surface area is 209 Å². The van der Waals surface area contributed by atoms with Gasteiger partial charge in [0.15, 0.2) is 8.32 Å². The Kier molecular flexibility index (Phi) is 8.09. The SMILES string of the molecule is C[C@@H]1CCC([C@H](O[Si](C)(C)C(C)(C)C)c2ccccc2)N(C(=O)OC(C)(C)C)C2CC=CCC21. The van der Waals surface area contributed by atoms with E-state index < -0.39 is 13.9 Å². The number of rotatable bonds is 4. The molecule has 4 nitrogen and oxygen atoms in total. The fourth-order valence-electron chi connectivity index (χ4n) is 5.17. The Morgan fingerprint density at radius 1 is 1.00 bits per heavy atom. The number of hydrogen-bond acceptors (Lipinski definition) is 3. The fraction of sp³-hybridized carbons (Fsp3) is 0.690. The molecule has 1 aromatic carbocycles.